The van der Waals surface area contributed by atoms with Gasteiger partial charge in [0.15, 0.2) is 0 Å². The van der Waals surface area contributed by atoms with Gasteiger partial charge in [-0.05, 0) is 42.2 Å². The van der Waals surface area contributed by atoms with Crippen molar-refractivity contribution in [3.8, 4) is 0 Å². The van der Waals surface area contributed by atoms with Crippen LogP contribution in [0.3, 0.4) is 0 Å². The van der Waals surface area contributed by atoms with Crippen molar-refractivity contribution in [3.05, 3.63) is 22.4 Å². The lowest BCUT2D eigenvalue weighted by Gasteiger charge is -2.07. The first-order valence-corrected chi connectivity index (χ1v) is 5.56. The van der Waals surface area contributed by atoms with Crippen molar-refractivity contribution in [3.63, 3.8) is 0 Å². The third-order valence-electron chi connectivity index (χ3n) is 1.90. The van der Waals surface area contributed by atoms with E-state index in [0.29, 0.717) is 0 Å². The lowest BCUT2D eigenvalue weighted by Crippen LogP contribution is -1.99. The Bertz CT molecular complexity index is 209. The summed E-state index contributed by atoms with van der Waals surface area (Å²) in [7, 11) is 0. The van der Waals surface area contributed by atoms with E-state index >= 15 is 0 Å². The zero-order chi connectivity index (χ0) is 9.52. The van der Waals surface area contributed by atoms with Gasteiger partial charge in [-0.2, -0.15) is 11.3 Å². The van der Waals surface area contributed by atoms with Crippen LogP contribution in [0.5, 0.6) is 0 Å². The van der Waals surface area contributed by atoms with Crippen molar-refractivity contribution in [1.29, 1.82) is 0 Å². The standard InChI is InChI=1S/C10H16O2S/c1-2-12-6-3-4-10(11)9-5-7-13-8-9/h5,7-8,10-11H,2-4,6H2,1H3. The molecule has 0 spiro atoms. The molecule has 1 heterocycles. The highest BCUT2D eigenvalue weighted by Crippen LogP contribution is 2.20. The molecule has 0 aliphatic rings. The molecule has 13 heavy (non-hydrogen) atoms. The number of aliphatic hydroxyl groups is 1. The first-order valence-electron chi connectivity index (χ1n) is 4.62. The van der Waals surface area contributed by atoms with Crippen LogP contribution >= 0.6 is 11.3 Å². The Hall–Kier alpha value is -0.380. The molecule has 0 saturated heterocycles. The minimum atomic E-state index is -0.313. The van der Waals surface area contributed by atoms with E-state index in [1.807, 2.05) is 23.8 Å². The molecule has 0 fully saturated rings. The first kappa shape index (κ1) is 10.7. The topological polar surface area (TPSA) is 29.5 Å². The van der Waals surface area contributed by atoms with Crippen LogP contribution in [0.1, 0.15) is 31.4 Å². The van der Waals surface area contributed by atoms with Crippen molar-refractivity contribution in [1.82, 2.24) is 0 Å². The molecule has 2 nitrogen and oxygen atoms in total. The molecule has 0 aromatic carbocycles. The van der Waals surface area contributed by atoms with Crippen molar-refractivity contribution >= 4 is 11.3 Å². The van der Waals surface area contributed by atoms with Gasteiger partial charge in [0.25, 0.3) is 0 Å². The summed E-state index contributed by atoms with van der Waals surface area (Å²) in [4.78, 5) is 0. The molecule has 0 amide bonds. The molecule has 1 rings (SSSR count). The van der Waals surface area contributed by atoms with Crippen LogP contribution in [0, 0.1) is 0 Å². The molecule has 74 valence electrons. The summed E-state index contributed by atoms with van der Waals surface area (Å²) < 4.78 is 5.19. The molecular weight excluding hydrogens is 184 g/mol. The largest absolute Gasteiger partial charge is 0.388 e. The van der Waals surface area contributed by atoms with Gasteiger partial charge in [0.05, 0.1) is 6.10 Å². The van der Waals surface area contributed by atoms with E-state index in [4.69, 9.17) is 4.74 Å². The average molecular weight is 200 g/mol. The fraction of sp³-hybridized carbons (Fsp3) is 0.600. The monoisotopic (exact) mass is 200 g/mol. The predicted molar refractivity (Wildman–Crippen MR) is 55.0 cm³/mol. The summed E-state index contributed by atoms with van der Waals surface area (Å²) in [5.74, 6) is 0. The highest BCUT2D eigenvalue weighted by atomic mass is 32.1. The third-order valence-corrected chi connectivity index (χ3v) is 2.60. The molecule has 0 saturated carbocycles. The van der Waals surface area contributed by atoms with Crippen LogP contribution < -0.4 is 0 Å². The van der Waals surface area contributed by atoms with Crippen LogP contribution in [0.4, 0.5) is 0 Å². The minimum absolute atomic E-state index is 0.313. The second kappa shape index (κ2) is 6.13. The Morgan fingerprint density at radius 1 is 1.62 bits per heavy atom. The first-order chi connectivity index (χ1) is 6.34. The maximum absolute atomic E-state index is 9.66. The van der Waals surface area contributed by atoms with Gasteiger partial charge >= 0.3 is 0 Å². The van der Waals surface area contributed by atoms with E-state index in [0.717, 1.165) is 31.6 Å². The van der Waals surface area contributed by atoms with Crippen molar-refractivity contribution < 1.29 is 9.84 Å². The number of rotatable bonds is 6. The summed E-state index contributed by atoms with van der Waals surface area (Å²) in [6, 6.07) is 1.97. The van der Waals surface area contributed by atoms with Crippen molar-refractivity contribution in [2.75, 3.05) is 13.2 Å². The zero-order valence-electron chi connectivity index (χ0n) is 7.90. The Labute approximate surface area is 83.2 Å². The predicted octanol–water partition coefficient (Wildman–Crippen LogP) is 2.60. The van der Waals surface area contributed by atoms with Crippen LogP contribution in [0.2, 0.25) is 0 Å². The second-order valence-electron chi connectivity index (χ2n) is 2.91. The number of hydrogen-bond donors (Lipinski definition) is 1. The summed E-state index contributed by atoms with van der Waals surface area (Å²) >= 11 is 1.62. The molecule has 0 radical (unpaired) electrons. The Balaban J connectivity index is 2.15. The number of hydrogen-bond acceptors (Lipinski definition) is 3. The van der Waals surface area contributed by atoms with Crippen molar-refractivity contribution in [2.45, 2.75) is 25.9 Å². The Morgan fingerprint density at radius 3 is 3.08 bits per heavy atom. The number of thiophene rings is 1. The molecule has 1 aromatic rings. The zero-order valence-corrected chi connectivity index (χ0v) is 8.72. The Kier molecular flexibility index (Phi) is 5.05. The highest BCUT2D eigenvalue weighted by Gasteiger charge is 2.06. The van der Waals surface area contributed by atoms with Gasteiger partial charge in [-0.3, -0.25) is 0 Å². The maximum Gasteiger partial charge on any atom is 0.0798 e. The fourth-order valence-electron chi connectivity index (χ4n) is 1.15. The molecule has 3 heteroatoms. The van der Waals surface area contributed by atoms with Crippen molar-refractivity contribution in [2.24, 2.45) is 0 Å². The lowest BCUT2D eigenvalue weighted by atomic mass is 10.1. The van der Waals surface area contributed by atoms with E-state index in [1.54, 1.807) is 11.3 Å². The summed E-state index contributed by atoms with van der Waals surface area (Å²) in [6.45, 7) is 3.49. The molecule has 1 N–H and O–H groups in total. The van der Waals surface area contributed by atoms with E-state index in [1.165, 1.54) is 0 Å². The number of ether oxygens (including phenoxy) is 1. The smallest absolute Gasteiger partial charge is 0.0798 e. The van der Waals surface area contributed by atoms with E-state index in [2.05, 4.69) is 0 Å². The SMILES string of the molecule is CCOCCCC(O)c1ccsc1. The minimum Gasteiger partial charge on any atom is -0.388 e. The van der Waals surface area contributed by atoms with Crippen LogP contribution in [-0.2, 0) is 4.74 Å². The molecule has 0 aliphatic carbocycles. The van der Waals surface area contributed by atoms with Gasteiger partial charge in [0.2, 0.25) is 0 Å². The van der Waals surface area contributed by atoms with Gasteiger partial charge in [-0.15, -0.1) is 0 Å². The summed E-state index contributed by atoms with van der Waals surface area (Å²) in [6.07, 6.45) is 1.40. The lowest BCUT2D eigenvalue weighted by molar-refractivity contribution is 0.115. The third kappa shape index (κ3) is 3.89. The molecule has 0 aliphatic heterocycles. The fourth-order valence-corrected chi connectivity index (χ4v) is 1.86. The second-order valence-corrected chi connectivity index (χ2v) is 3.69. The van der Waals surface area contributed by atoms with Crippen LogP contribution in [-0.4, -0.2) is 18.3 Å². The summed E-state index contributed by atoms with van der Waals surface area (Å²) in [5.41, 5.74) is 1.03. The molecule has 1 atom stereocenters. The van der Waals surface area contributed by atoms with Gasteiger partial charge in [0.1, 0.15) is 0 Å². The van der Waals surface area contributed by atoms with Gasteiger partial charge in [0, 0.05) is 13.2 Å². The Morgan fingerprint density at radius 2 is 2.46 bits per heavy atom. The molecule has 0 bridgehead atoms. The maximum atomic E-state index is 9.66. The average Bonchev–Trinajstić information content (AvgIpc) is 2.65. The highest BCUT2D eigenvalue weighted by molar-refractivity contribution is 7.07. The van der Waals surface area contributed by atoms with Crippen LogP contribution in [0.25, 0.3) is 0 Å². The summed E-state index contributed by atoms with van der Waals surface area (Å²) in [5, 5.41) is 13.6. The number of aliphatic hydroxyl groups excluding tert-OH is 1. The van der Waals surface area contributed by atoms with Gasteiger partial charge < -0.3 is 9.84 Å². The van der Waals surface area contributed by atoms with E-state index < -0.39 is 0 Å². The molecule has 1 unspecified atom stereocenters. The van der Waals surface area contributed by atoms with Gasteiger partial charge in [-0.25, -0.2) is 0 Å². The van der Waals surface area contributed by atoms with Crippen LogP contribution in [0.15, 0.2) is 16.8 Å². The normalized spacial score (nSPS) is 13.1. The molecule has 1 aromatic heterocycles. The van der Waals surface area contributed by atoms with E-state index in [9.17, 15) is 5.11 Å². The molecular formula is C10H16O2S. The van der Waals surface area contributed by atoms with E-state index in [-0.39, 0.29) is 6.10 Å². The van der Waals surface area contributed by atoms with Gasteiger partial charge in [-0.1, -0.05) is 0 Å². The quantitative estimate of drug-likeness (QED) is 0.715.